The fourth-order valence-electron chi connectivity index (χ4n) is 4.42. The van der Waals surface area contributed by atoms with Gasteiger partial charge in [-0.15, -0.1) is 0 Å². The second-order valence-electron chi connectivity index (χ2n) is 12.4. The molecule has 7 heteroatoms. The number of ether oxygens (including phenoxy) is 1. The van der Waals surface area contributed by atoms with Crippen molar-refractivity contribution < 1.29 is 19.1 Å². The summed E-state index contributed by atoms with van der Waals surface area (Å²) in [6.07, 6.45) is 2.00. The standard InChI is InChI=1S/C32H47N3O4/c1-31(2,3)22-26(33)27(36)21-25(19-13-14-20-34-30(38)39-32(4,5)6)29(37)35-28(23-15-9-7-10-16-23)24-17-11-8-12-18-24/h7-12,15-18,25-26,28H,13-14,19-22,33H2,1-6H3,(H,34,38)(H,35,37)/t25-,26+/m1/s1. The van der Waals surface area contributed by atoms with Crippen LogP contribution in [0.3, 0.4) is 0 Å². The van der Waals surface area contributed by atoms with Gasteiger partial charge in [0.25, 0.3) is 0 Å². The van der Waals surface area contributed by atoms with Crippen LogP contribution < -0.4 is 16.4 Å². The number of Topliss-reactive ketones (excluding diaryl/α,β-unsaturated/α-hetero) is 1. The van der Waals surface area contributed by atoms with Crippen LogP contribution in [0.1, 0.15) is 90.8 Å². The summed E-state index contributed by atoms with van der Waals surface area (Å²) in [6, 6.07) is 18.7. The Bertz CT molecular complexity index is 1000. The van der Waals surface area contributed by atoms with Crippen molar-refractivity contribution in [2.75, 3.05) is 6.54 Å². The molecule has 0 saturated carbocycles. The number of rotatable bonds is 13. The van der Waals surface area contributed by atoms with Crippen LogP contribution in [0.2, 0.25) is 0 Å². The second kappa shape index (κ2) is 14.8. The Morgan fingerprint density at radius 1 is 0.846 bits per heavy atom. The SMILES string of the molecule is CC(C)(C)C[C@H](N)C(=O)C[C@@H](CCCCNC(=O)OC(C)(C)C)C(=O)NC(c1ccccc1)c1ccccc1. The zero-order valence-electron chi connectivity index (χ0n) is 24.5. The number of amides is 2. The van der Waals surface area contributed by atoms with Crippen LogP contribution in [0.25, 0.3) is 0 Å². The fourth-order valence-corrected chi connectivity index (χ4v) is 4.42. The largest absolute Gasteiger partial charge is 0.444 e. The molecule has 0 heterocycles. The maximum absolute atomic E-state index is 13.7. The number of hydrogen-bond acceptors (Lipinski definition) is 5. The van der Waals surface area contributed by atoms with Gasteiger partial charge in [0, 0.05) is 18.9 Å². The molecule has 0 aliphatic rings. The molecule has 0 spiro atoms. The lowest BCUT2D eigenvalue weighted by Crippen LogP contribution is -2.40. The lowest BCUT2D eigenvalue weighted by molar-refractivity contribution is -0.130. The van der Waals surface area contributed by atoms with Gasteiger partial charge >= 0.3 is 6.09 Å². The van der Waals surface area contributed by atoms with Crippen molar-refractivity contribution in [1.29, 1.82) is 0 Å². The van der Waals surface area contributed by atoms with E-state index in [1.807, 2.05) is 102 Å². The van der Waals surface area contributed by atoms with E-state index in [0.29, 0.717) is 32.2 Å². The first-order valence-electron chi connectivity index (χ1n) is 13.9. The molecule has 0 fully saturated rings. The number of carbonyl (C=O) groups excluding carboxylic acids is 3. The van der Waals surface area contributed by atoms with Crippen molar-refractivity contribution in [2.45, 2.75) is 91.3 Å². The smallest absolute Gasteiger partial charge is 0.407 e. The number of hydrogen-bond donors (Lipinski definition) is 3. The summed E-state index contributed by atoms with van der Waals surface area (Å²) in [6.45, 7) is 12.0. The highest BCUT2D eigenvalue weighted by Crippen LogP contribution is 2.25. The number of nitrogens with two attached hydrogens (primary N) is 1. The third-order valence-electron chi connectivity index (χ3n) is 6.26. The summed E-state index contributed by atoms with van der Waals surface area (Å²) in [4.78, 5) is 38.7. The normalized spacial score (nSPS) is 13.4. The highest BCUT2D eigenvalue weighted by atomic mass is 16.6. The van der Waals surface area contributed by atoms with E-state index in [1.165, 1.54) is 0 Å². The van der Waals surface area contributed by atoms with Gasteiger partial charge in [0.2, 0.25) is 5.91 Å². The molecule has 2 rings (SSSR count). The number of nitrogens with one attached hydrogen (secondary N) is 2. The van der Waals surface area contributed by atoms with E-state index in [9.17, 15) is 14.4 Å². The minimum atomic E-state index is -0.617. The summed E-state index contributed by atoms with van der Waals surface area (Å²) in [7, 11) is 0. The van der Waals surface area contributed by atoms with Gasteiger partial charge in [0.1, 0.15) is 11.4 Å². The van der Waals surface area contributed by atoms with Gasteiger partial charge in [-0.1, -0.05) is 87.9 Å². The van der Waals surface area contributed by atoms with Crippen LogP contribution >= 0.6 is 0 Å². The predicted octanol–water partition coefficient (Wildman–Crippen LogP) is 5.93. The molecule has 0 aromatic heterocycles. The van der Waals surface area contributed by atoms with Crippen LogP contribution in [0.5, 0.6) is 0 Å². The first kappa shape index (κ1) is 32.0. The third kappa shape index (κ3) is 12.5. The van der Waals surface area contributed by atoms with Gasteiger partial charge in [-0.3, -0.25) is 9.59 Å². The summed E-state index contributed by atoms with van der Waals surface area (Å²) in [5.41, 5.74) is 7.53. The van der Waals surface area contributed by atoms with E-state index in [2.05, 4.69) is 10.6 Å². The molecule has 2 atom stereocenters. The van der Waals surface area contributed by atoms with E-state index in [-0.39, 0.29) is 29.6 Å². The average Bonchev–Trinajstić information content (AvgIpc) is 2.85. The summed E-state index contributed by atoms with van der Waals surface area (Å²) in [5, 5.41) is 5.96. The molecule has 39 heavy (non-hydrogen) atoms. The molecule has 0 unspecified atom stereocenters. The second-order valence-corrected chi connectivity index (χ2v) is 12.4. The lowest BCUT2D eigenvalue weighted by atomic mass is 9.84. The van der Waals surface area contributed by atoms with Gasteiger partial charge in [0.15, 0.2) is 0 Å². The van der Waals surface area contributed by atoms with E-state index in [0.717, 1.165) is 11.1 Å². The maximum atomic E-state index is 13.7. The van der Waals surface area contributed by atoms with Crippen LogP contribution in [0.15, 0.2) is 60.7 Å². The van der Waals surface area contributed by atoms with E-state index in [4.69, 9.17) is 10.5 Å². The first-order chi connectivity index (χ1) is 18.2. The molecule has 7 nitrogen and oxygen atoms in total. The number of unbranched alkanes of at least 4 members (excludes halogenated alkanes) is 1. The number of alkyl carbamates (subject to hydrolysis) is 1. The van der Waals surface area contributed by atoms with E-state index < -0.39 is 23.7 Å². The minimum absolute atomic E-state index is 0.0822. The zero-order chi connectivity index (χ0) is 29.1. The molecule has 4 N–H and O–H groups in total. The van der Waals surface area contributed by atoms with E-state index in [1.54, 1.807) is 0 Å². The molecule has 0 radical (unpaired) electrons. The Kier molecular flexibility index (Phi) is 12.2. The maximum Gasteiger partial charge on any atom is 0.407 e. The number of ketones is 1. The zero-order valence-corrected chi connectivity index (χ0v) is 24.5. The van der Waals surface area contributed by atoms with Crippen molar-refractivity contribution in [1.82, 2.24) is 10.6 Å². The molecule has 0 saturated heterocycles. The molecular weight excluding hydrogens is 490 g/mol. The van der Waals surface area contributed by atoms with Crippen LogP contribution in [-0.4, -0.2) is 36.0 Å². The monoisotopic (exact) mass is 537 g/mol. The van der Waals surface area contributed by atoms with Crippen LogP contribution in [0, 0.1) is 11.3 Å². The van der Waals surface area contributed by atoms with E-state index >= 15 is 0 Å². The lowest BCUT2D eigenvalue weighted by Gasteiger charge is -2.26. The topological polar surface area (TPSA) is 111 Å². The van der Waals surface area contributed by atoms with Crippen molar-refractivity contribution >= 4 is 17.8 Å². The number of benzene rings is 2. The molecule has 0 bridgehead atoms. The number of carbonyl (C=O) groups is 3. The van der Waals surface area contributed by atoms with Gasteiger partial charge in [-0.25, -0.2) is 4.79 Å². The van der Waals surface area contributed by atoms with Crippen LogP contribution in [0.4, 0.5) is 4.79 Å². The molecule has 214 valence electrons. The molecule has 2 aromatic carbocycles. The van der Waals surface area contributed by atoms with Crippen molar-refractivity contribution in [3.05, 3.63) is 71.8 Å². The molecular formula is C32H47N3O4. The summed E-state index contributed by atoms with van der Waals surface area (Å²) in [5.74, 6) is -0.808. The van der Waals surface area contributed by atoms with Gasteiger partial charge < -0.3 is 21.1 Å². The quantitative estimate of drug-likeness (QED) is 0.275. The van der Waals surface area contributed by atoms with Crippen molar-refractivity contribution in [3.8, 4) is 0 Å². The Hall–Kier alpha value is -3.19. The van der Waals surface area contributed by atoms with Gasteiger partial charge in [-0.2, -0.15) is 0 Å². The Morgan fingerprint density at radius 2 is 1.38 bits per heavy atom. The Balaban J connectivity index is 2.12. The van der Waals surface area contributed by atoms with Crippen LogP contribution in [-0.2, 0) is 14.3 Å². The third-order valence-corrected chi connectivity index (χ3v) is 6.26. The average molecular weight is 538 g/mol. The first-order valence-corrected chi connectivity index (χ1v) is 13.9. The molecule has 0 aliphatic heterocycles. The highest BCUT2D eigenvalue weighted by molar-refractivity contribution is 5.90. The van der Waals surface area contributed by atoms with Gasteiger partial charge in [-0.05, 0) is 56.6 Å². The minimum Gasteiger partial charge on any atom is -0.444 e. The van der Waals surface area contributed by atoms with Gasteiger partial charge in [0.05, 0.1) is 12.1 Å². The fraction of sp³-hybridized carbons (Fsp3) is 0.531. The Labute approximate surface area is 234 Å². The van der Waals surface area contributed by atoms with Crippen molar-refractivity contribution in [2.24, 2.45) is 17.1 Å². The van der Waals surface area contributed by atoms with Crippen molar-refractivity contribution in [3.63, 3.8) is 0 Å². The highest BCUT2D eigenvalue weighted by Gasteiger charge is 2.29. The predicted molar refractivity (Wildman–Crippen MR) is 156 cm³/mol. The Morgan fingerprint density at radius 3 is 1.87 bits per heavy atom. The molecule has 2 amide bonds. The summed E-state index contributed by atoms with van der Waals surface area (Å²) < 4.78 is 5.28. The summed E-state index contributed by atoms with van der Waals surface area (Å²) >= 11 is 0. The molecule has 0 aliphatic carbocycles. The molecule has 2 aromatic rings.